The van der Waals surface area contributed by atoms with Crippen molar-refractivity contribution in [2.75, 3.05) is 0 Å². The van der Waals surface area contributed by atoms with Gasteiger partial charge in [0.1, 0.15) is 0 Å². The molecule has 0 bridgehead atoms. The Balaban J connectivity index is 1.27. The number of fused-ring (bicyclic) bond motifs is 6. The van der Waals surface area contributed by atoms with E-state index in [9.17, 15) is 10.5 Å². The Bertz CT molecular complexity index is 2680. The van der Waals surface area contributed by atoms with E-state index in [-0.39, 0.29) is 5.54 Å². The first-order valence-electron chi connectivity index (χ1n) is 16.7. The Morgan fingerprint density at radius 1 is 0.714 bits per heavy atom. The van der Waals surface area contributed by atoms with Crippen LogP contribution in [-0.4, -0.2) is 14.1 Å². The van der Waals surface area contributed by atoms with E-state index in [4.69, 9.17) is 0 Å². The number of nitrogens with zero attached hydrogens (tertiary/aromatic N) is 5. The first-order valence-corrected chi connectivity index (χ1v) is 16.7. The second-order valence-electron chi connectivity index (χ2n) is 13.2. The minimum atomic E-state index is -0.280. The maximum absolute atomic E-state index is 10.1. The molecule has 2 aliphatic carbocycles. The van der Waals surface area contributed by atoms with E-state index in [1.807, 2.05) is 42.6 Å². The van der Waals surface area contributed by atoms with Gasteiger partial charge in [0.05, 0.1) is 45.5 Å². The van der Waals surface area contributed by atoms with Gasteiger partial charge in [-0.3, -0.25) is 4.98 Å². The number of aromatic nitrogens is 3. The molecule has 0 spiro atoms. The maximum atomic E-state index is 10.1. The van der Waals surface area contributed by atoms with E-state index in [1.54, 1.807) is 6.20 Å². The molecule has 0 saturated carbocycles. The predicted molar refractivity (Wildman–Crippen MR) is 198 cm³/mol. The van der Waals surface area contributed by atoms with Crippen molar-refractivity contribution >= 4 is 44.4 Å². The number of hydrogen-bond donors (Lipinski definition) is 0. The summed E-state index contributed by atoms with van der Waals surface area (Å²) in [5.74, 6) is 0. The van der Waals surface area contributed by atoms with Gasteiger partial charge in [-0.1, -0.05) is 72.8 Å². The number of para-hydroxylation sites is 1. The summed E-state index contributed by atoms with van der Waals surface area (Å²) in [6, 6.07) is 35.8. The molecule has 0 N–H and O–H groups in total. The van der Waals surface area contributed by atoms with Crippen molar-refractivity contribution in [3.63, 3.8) is 0 Å². The van der Waals surface area contributed by atoms with Gasteiger partial charge in [0.25, 0.3) is 0 Å². The smallest absolute Gasteiger partial charge is 0.0992 e. The summed E-state index contributed by atoms with van der Waals surface area (Å²) >= 11 is 0. The third kappa shape index (κ3) is 4.40. The fraction of sp³-hybridized carbons (Fsp3) is 0.114. The van der Waals surface area contributed by atoms with Crippen molar-refractivity contribution < 1.29 is 0 Å². The molecule has 1 unspecified atom stereocenters. The molecule has 3 aromatic heterocycles. The number of hydrogen-bond acceptors (Lipinski definition) is 3. The second-order valence-corrected chi connectivity index (χ2v) is 13.2. The van der Waals surface area contributed by atoms with Gasteiger partial charge >= 0.3 is 0 Å². The van der Waals surface area contributed by atoms with Gasteiger partial charge in [-0.05, 0) is 97.0 Å². The summed E-state index contributed by atoms with van der Waals surface area (Å²) in [5, 5.41) is 23.0. The molecule has 0 aliphatic heterocycles. The molecule has 0 radical (unpaired) electrons. The van der Waals surface area contributed by atoms with Crippen molar-refractivity contribution in [3.8, 4) is 29.0 Å². The van der Waals surface area contributed by atoms with Gasteiger partial charge in [-0.25, -0.2) is 0 Å². The topological polar surface area (TPSA) is 70.3 Å². The van der Waals surface area contributed by atoms with Crippen LogP contribution in [-0.2, 0) is 12.0 Å². The van der Waals surface area contributed by atoms with Gasteiger partial charge in [0.15, 0.2) is 0 Å². The molecule has 232 valence electrons. The summed E-state index contributed by atoms with van der Waals surface area (Å²) in [4.78, 5) is 4.43. The predicted octanol–water partition coefficient (Wildman–Crippen LogP) is 10.3. The molecule has 0 saturated heterocycles. The zero-order chi connectivity index (χ0) is 33.1. The lowest BCUT2D eigenvalue weighted by atomic mass is 9.84. The third-order valence-corrected chi connectivity index (χ3v) is 10.3. The summed E-state index contributed by atoms with van der Waals surface area (Å²) < 4.78 is 4.76. The quantitative estimate of drug-likeness (QED) is 0.195. The van der Waals surface area contributed by atoms with Crippen LogP contribution in [0.2, 0.25) is 0 Å². The second kappa shape index (κ2) is 11.1. The highest BCUT2D eigenvalue weighted by molar-refractivity contribution is 6.10. The molecule has 0 fully saturated rings. The van der Waals surface area contributed by atoms with Crippen LogP contribution in [0, 0.1) is 22.7 Å². The van der Waals surface area contributed by atoms with E-state index < -0.39 is 0 Å². The molecule has 0 amide bonds. The van der Waals surface area contributed by atoms with Crippen molar-refractivity contribution in [3.05, 3.63) is 156 Å². The lowest BCUT2D eigenvalue weighted by Crippen LogP contribution is -2.30. The molecule has 4 aromatic carbocycles. The van der Waals surface area contributed by atoms with Crippen LogP contribution in [0.3, 0.4) is 0 Å². The Hall–Kier alpha value is -6.43. The maximum Gasteiger partial charge on any atom is 0.0992 e. The van der Waals surface area contributed by atoms with Crippen LogP contribution in [0.5, 0.6) is 0 Å². The van der Waals surface area contributed by atoms with Crippen LogP contribution in [0.1, 0.15) is 47.7 Å². The van der Waals surface area contributed by atoms with Crippen molar-refractivity contribution in [2.24, 2.45) is 0 Å². The summed E-state index contributed by atoms with van der Waals surface area (Å²) in [5.41, 5.74) is 12.1. The molecule has 1 atom stereocenters. The molecule has 5 heteroatoms. The minimum Gasteiger partial charge on any atom is -0.331 e. The molecular formula is C44H31N5. The molecule has 5 nitrogen and oxygen atoms in total. The van der Waals surface area contributed by atoms with Gasteiger partial charge < -0.3 is 9.13 Å². The summed E-state index contributed by atoms with van der Waals surface area (Å²) in [6.45, 7) is 2.35. The molecule has 3 heterocycles. The van der Waals surface area contributed by atoms with E-state index in [1.165, 1.54) is 22.2 Å². The summed E-state index contributed by atoms with van der Waals surface area (Å²) in [7, 11) is 0. The molecule has 2 aliphatic rings. The SMILES string of the molecule is CC1(n2c3c(c4ccccc42)CCC=C3)C=C(c2ccccc2-c2ccc(C#N)cc2-n2c3ccncc3c3cc(C#N)ccc32)C=CC1. The normalized spacial score (nSPS) is 16.8. The van der Waals surface area contributed by atoms with Gasteiger partial charge in [-0.2, -0.15) is 10.5 Å². The first kappa shape index (κ1) is 28.8. The van der Waals surface area contributed by atoms with E-state index in [0.717, 1.165) is 69.0 Å². The Kier molecular flexibility index (Phi) is 6.51. The monoisotopic (exact) mass is 629 g/mol. The Morgan fingerprint density at radius 3 is 2.37 bits per heavy atom. The summed E-state index contributed by atoms with van der Waals surface area (Å²) in [6.07, 6.45) is 18.3. The van der Waals surface area contributed by atoms with Crippen molar-refractivity contribution in [1.29, 1.82) is 10.5 Å². The zero-order valence-corrected chi connectivity index (χ0v) is 27.1. The van der Waals surface area contributed by atoms with Crippen LogP contribution in [0.25, 0.3) is 61.2 Å². The van der Waals surface area contributed by atoms with Crippen molar-refractivity contribution in [2.45, 2.75) is 31.7 Å². The zero-order valence-electron chi connectivity index (χ0n) is 27.1. The number of benzene rings is 4. The van der Waals surface area contributed by atoms with E-state index >= 15 is 0 Å². The van der Waals surface area contributed by atoms with Crippen LogP contribution >= 0.6 is 0 Å². The first-order chi connectivity index (χ1) is 24.1. The fourth-order valence-corrected chi connectivity index (χ4v) is 8.11. The number of pyridine rings is 1. The lowest BCUT2D eigenvalue weighted by molar-refractivity contribution is 0.423. The highest BCUT2D eigenvalue weighted by Gasteiger charge is 2.32. The van der Waals surface area contributed by atoms with Crippen molar-refractivity contribution in [1.82, 2.24) is 14.1 Å². The highest BCUT2D eigenvalue weighted by atomic mass is 15.1. The van der Waals surface area contributed by atoms with Crippen LogP contribution < -0.4 is 0 Å². The fourth-order valence-electron chi connectivity index (χ4n) is 8.11. The van der Waals surface area contributed by atoms with E-state index in [0.29, 0.717) is 11.1 Å². The Labute approximate surface area is 284 Å². The van der Waals surface area contributed by atoms with Crippen LogP contribution in [0.4, 0.5) is 0 Å². The molecule has 9 rings (SSSR count). The standard InChI is InChI=1S/C44H31N5/c1-44(49-41-14-6-4-12-34(41)35-13-5-7-15-42(35)49)21-8-9-31(25-44)32-10-2-3-11-33(32)36-18-16-30(27-46)24-43(36)48-39-19-17-29(26-45)23-37(39)38-28-47-22-20-40(38)48/h2-4,6-12,14-20,22-25,28H,5,13,21H2,1H3. The number of aryl methyl sites for hydroxylation is 1. The Morgan fingerprint density at radius 2 is 1.49 bits per heavy atom. The molecular weight excluding hydrogens is 599 g/mol. The third-order valence-electron chi connectivity index (χ3n) is 10.3. The lowest BCUT2D eigenvalue weighted by Gasteiger charge is -2.34. The highest BCUT2D eigenvalue weighted by Crippen LogP contribution is 2.44. The molecule has 49 heavy (non-hydrogen) atoms. The van der Waals surface area contributed by atoms with Crippen LogP contribution in [0.15, 0.2) is 128 Å². The average Bonchev–Trinajstić information content (AvgIpc) is 3.68. The average molecular weight is 630 g/mol. The minimum absolute atomic E-state index is 0.280. The van der Waals surface area contributed by atoms with E-state index in [2.05, 4.69) is 118 Å². The number of nitriles is 2. The van der Waals surface area contributed by atoms with Gasteiger partial charge in [0, 0.05) is 45.3 Å². The van der Waals surface area contributed by atoms with Gasteiger partial charge in [0.2, 0.25) is 0 Å². The number of allylic oxidation sites excluding steroid dienone is 5. The molecule has 7 aromatic rings. The number of rotatable bonds is 4. The van der Waals surface area contributed by atoms with Gasteiger partial charge in [-0.15, -0.1) is 0 Å². The largest absolute Gasteiger partial charge is 0.331 e.